The third-order valence-electron chi connectivity index (χ3n) is 6.92. The Labute approximate surface area is 182 Å². The second-order valence-corrected chi connectivity index (χ2v) is 9.28. The monoisotopic (exact) mass is 425 g/mol. The molecule has 1 unspecified atom stereocenters. The van der Waals surface area contributed by atoms with E-state index in [0.717, 1.165) is 73.8 Å². The molecule has 2 heterocycles. The summed E-state index contributed by atoms with van der Waals surface area (Å²) in [6.45, 7) is 4.11. The topological polar surface area (TPSA) is 69.0 Å². The van der Waals surface area contributed by atoms with Crippen LogP contribution in [-0.2, 0) is 22.4 Å². The first-order chi connectivity index (χ1) is 15.1. The molecular weight excluding hydrogens is 394 g/mol. The predicted octanol–water partition coefficient (Wildman–Crippen LogP) is 3.78. The largest absolute Gasteiger partial charge is 0.483 e. The lowest BCUT2D eigenvalue weighted by Gasteiger charge is -2.25. The molecule has 6 nitrogen and oxygen atoms in total. The van der Waals surface area contributed by atoms with Crippen molar-refractivity contribution in [3.63, 3.8) is 0 Å². The number of hydrogen-bond donors (Lipinski definition) is 0. The molecule has 1 aliphatic heterocycles. The average Bonchev–Trinajstić information content (AvgIpc) is 3.45. The van der Waals surface area contributed by atoms with E-state index in [9.17, 15) is 9.59 Å². The van der Waals surface area contributed by atoms with Gasteiger partial charge in [0.15, 0.2) is 6.61 Å². The van der Waals surface area contributed by atoms with E-state index in [1.54, 1.807) is 0 Å². The molecule has 2 aromatic rings. The quantitative estimate of drug-likeness (QED) is 0.632. The van der Waals surface area contributed by atoms with E-state index in [0.29, 0.717) is 23.8 Å². The minimum atomic E-state index is -0.231. The fourth-order valence-electron chi connectivity index (χ4n) is 4.94. The molecule has 2 aliphatic carbocycles. The number of ether oxygens (including phenoxy) is 2. The van der Waals surface area contributed by atoms with Crippen molar-refractivity contribution in [2.45, 2.75) is 64.4 Å². The van der Waals surface area contributed by atoms with Gasteiger partial charge < -0.3 is 18.8 Å². The SMILES string of the molecule is Cc1c(OCC(=O)N(CC2CC2)CC2CCCO2)ccc2c3c(c(=O)oc12)CCCC3. The highest BCUT2D eigenvalue weighted by atomic mass is 16.5. The lowest BCUT2D eigenvalue weighted by molar-refractivity contribution is -0.135. The molecule has 1 amide bonds. The summed E-state index contributed by atoms with van der Waals surface area (Å²) in [4.78, 5) is 27.4. The molecule has 1 aromatic carbocycles. The molecule has 0 spiro atoms. The van der Waals surface area contributed by atoms with Crippen molar-refractivity contribution in [3.8, 4) is 5.75 Å². The summed E-state index contributed by atoms with van der Waals surface area (Å²) in [6, 6.07) is 3.88. The van der Waals surface area contributed by atoms with Crippen molar-refractivity contribution < 1.29 is 18.7 Å². The lowest BCUT2D eigenvalue weighted by atomic mass is 9.90. The molecule has 1 saturated heterocycles. The van der Waals surface area contributed by atoms with Gasteiger partial charge >= 0.3 is 5.63 Å². The highest BCUT2D eigenvalue weighted by Gasteiger charge is 2.30. The van der Waals surface area contributed by atoms with Gasteiger partial charge in [0.05, 0.1) is 6.10 Å². The molecule has 2 fully saturated rings. The first-order valence-electron chi connectivity index (χ1n) is 11.7. The first-order valence-corrected chi connectivity index (χ1v) is 11.7. The summed E-state index contributed by atoms with van der Waals surface area (Å²) in [5.41, 5.74) is 3.08. The van der Waals surface area contributed by atoms with Crippen LogP contribution in [0.25, 0.3) is 11.0 Å². The smallest absolute Gasteiger partial charge is 0.339 e. The number of fused-ring (bicyclic) bond motifs is 3. The molecule has 0 bridgehead atoms. The zero-order chi connectivity index (χ0) is 21.4. The van der Waals surface area contributed by atoms with E-state index >= 15 is 0 Å². The van der Waals surface area contributed by atoms with Crippen LogP contribution in [-0.4, -0.2) is 43.2 Å². The van der Waals surface area contributed by atoms with E-state index in [-0.39, 0.29) is 24.2 Å². The van der Waals surface area contributed by atoms with Crippen LogP contribution in [0.2, 0.25) is 0 Å². The molecule has 1 atom stereocenters. The van der Waals surface area contributed by atoms with Crippen molar-refractivity contribution in [1.29, 1.82) is 0 Å². The molecule has 0 N–H and O–H groups in total. The number of nitrogens with zero attached hydrogens (tertiary/aromatic N) is 1. The molecule has 6 heteroatoms. The highest BCUT2D eigenvalue weighted by Crippen LogP contribution is 2.33. The van der Waals surface area contributed by atoms with Crippen LogP contribution >= 0.6 is 0 Å². The van der Waals surface area contributed by atoms with Gasteiger partial charge in [-0.25, -0.2) is 4.79 Å². The molecule has 1 saturated carbocycles. The van der Waals surface area contributed by atoms with E-state index in [1.807, 2.05) is 24.0 Å². The number of aryl methyl sites for hydroxylation is 2. The Morgan fingerprint density at radius 1 is 1.10 bits per heavy atom. The Kier molecular flexibility index (Phi) is 5.74. The highest BCUT2D eigenvalue weighted by molar-refractivity contribution is 5.86. The normalized spacial score (nSPS) is 20.6. The predicted molar refractivity (Wildman–Crippen MR) is 118 cm³/mol. The number of hydrogen-bond acceptors (Lipinski definition) is 5. The summed E-state index contributed by atoms with van der Waals surface area (Å²) in [5, 5.41) is 0.999. The Balaban J connectivity index is 1.33. The molecule has 1 aromatic heterocycles. The van der Waals surface area contributed by atoms with Crippen LogP contribution < -0.4 is 10.4 Å². The minimum Gasteiger partial charge on any atom is -0.483 e. The lowest BCUT2D eigenvalue weighted by Crippen LogP contribution is -2.41. The van der Waals surface area contributed by atoms with Gasteiger partial charge in [0.1, 0.15) is 11.3 Å². The number of amides is 1. The Hall–Kier alpha value is -2.34. The van der Waals surface area contributed by atoms with E-state index in [1.165, 1.54) is 12.8 Å². The molecular formula is C25H31NO5. The average molecular weight is 426 g/mol. The maximum absolute atomic E-state index is 13.0. The second kappa shape index (κ2) is 8.65. The summed E-state index contributed by atoms with van der Waals surface area (Å²) in [5.74, 6) is 1.21. The van der Waals surface area contributed by atoms with E-state index < -0.39 is 0 Å². The summed E-state index contributed by atoms with van der Waals surface area (Å²) >= 11 is 0. The summed E-state index contributed by atoms with van der Waals surface area (Å²) in [7, 11) is 0. The van der Waals surface area contributed by atoms with Crippen molar-refractivity contribution in [2.75, 3.05) is 26.3 Å². The zero-order valence-corrected chi connectivity index (χ0v) is 18.3. The molecule has 5 rings (SSSR count). The summed E-state index contributed by atoms with van der Waals surface area (Å²) < 4.78 is 17.4. The van der Waals surface area contributed by atoms with Gasteiger partial charge in [0, 0.05) is 36.2 Å². The van der Waals surface area contributed by atoms with Gasteiger partial charge in [-0.2, -0.15) is 0 Å². The zero-order valence-electron chi connectivity index (χ0n) is 18.3. The van der Waals surface area contributed by atoms with Gasteiger partial charge in [-0.1, -0.05) is 0 Å². The Bertz CT molecular complexity index is 1030. The standard InChI is InChI=1S/C25H31NO5/c1-16-22(11-10-20-19-6-2-3-7-21(19)25(28)31-24(16)20)30-15-23(27)26(13-17-8-9-17)14-18-5-4-12-29-18/h10-11,17-18H,2-9,12-15H2,1H3. The van der Waals surface area contributed by atoms with Gasteiger partial charge in [-0.15, -0.1) is 0 Å². The van der Waals surface area contributed by atoms with Crippen molar-refractivity contribution in [2.24, 2.45) is 5.92 Å². The third-order valence-corrected chi connectivity index (χ3v) is 6.92. The van der Waals surface area contributed by atoms with E-state index in [4.69, 9.17) is 13.9 Å². The van der Waals surface area contributed by atoms with Crippen LogP contribution in [0, 0.1) is 12.8 Å². The van der Waals surface area contributed by atoms with Crippen LogP contribution in [0.15, 0.2) is 21.3 Å². The summed E-state index contributed by atoms with van der Waals surface area (Å²) in [6.07, 6.45) is 8.46. The number of benzene rings is 1. The van der Waals surface area contributed by atoms with Gasteiger partial charge in [-0.05, 0) is 81.9 Å². The molecule has 31 heavy (non-hydrogen) atoms. The molecule has 166 valence electrons. The number of rotatable bonds is 7. The fourth-order valence-corrected chi connectivity index (χ4v) is 4.94. The van der Waals surface area contributed by atoms with Gasteiger partial charge in [0.25, 0.3) is 5.91 Å². The third kappa shape index (κ3) is 4.36. The molecule has 0 radical (unpaired) electrons. The van der Waals surface area contributed by atoms with Crippen LogP contribution in [0.4, 0.5) is 0 Å². The van der Waals surface area contributed by atoms with Gasteiger partial charge in [0.2, 0.25) is 0 Å². The van der Waals surface area contributed by atoms with Crippen molar-refractivity contribution in [3.05, 3.63) is 39.2 Å². The number of carbonyl (C=O) groups excluding carboxylic acids is 1. The van der Waals surface area contributed by atoms with Crippen LogP contribution in [0.5, 0.6) is 5.75 Å². The minimum absolute atomic E-state index is 0.00575. The fraction of sp³-hybridized carbons (Fsp3) is 0.600. The Morgan fingerprint density at radius 3 is 2.65 bits per heavy atom. The number of carbonyl (C=O) groups is 1. The maximum Gasteiger partial charge on any atom is 0.339 e. The van der Waals surface area contributed by atoms with Crippen molar-refractivity contribution in [1.82, 2.24) is 4.90 Å². The second-order valence-electron chi connectivity index (χ2n) is 9.28. The van der Waals surface area contributed by atoms with Crippen molar-refractivity contribution >= 4 is 16.9 Å². The first kappa shape index (κ1) is 20.6. The Morgan fingerprint density at radius 2 is 1.90 bits per heavy atom. The van der Waals surface area contributed by atoms with Crippen LogP contribution in [0.1, 0.15) is 55.2 Å². The maximum atomic E-state index is 13.0. The van der Waals surface area contributed by atoms with E-state index in [2.05, 4.69) is 0 Å². The van der Waals surface area contributed by atoms with Gasteiger partial charge in [-0.3, -0.25) is 4.79 Å². The van der Waals surface area contributed by atoms with Crippen LogP contribution in [0.3, 0.4) is 0 Å². The molecule has 3 aliphatic rings.